The predicted molar refractivity (Wildman–Crippen MR) is 125 cm³/mol. The van der Waals surface area contributed by atoms with Crippen LogP contribution in [0.3, 0.4) is 0 Å². The molecule has 0 aliphatic heterocycles. The van der Waals surface area contributed by atoms with Crippen LogP contribution < -0.4 is 0 Å². The third-order valence-electron chi connectivity index (χ3n) is 4.27. The lowest BCUT2D eigenvalue weighted by Gasteiger charge is -2.31. The molecule has 2 aromatic carbocycles. The highest BCUT2D eigenvalue weighted by Crippen LogP contribution is 2.40. The molecule has 0 bridgehead atoms. The van der Waals surface area contributed by atoms with Gasteiger partial charge in [0.15, 0.2) is 0 Å². The Labute approximate surface area is 197 Å². The summed E-state index contributed by atoms with van der Waals surface area (Å²) in [5.41, 5.74) is 0. The summed E-state index contributed by atoms with van der Waals surface area (Å²) < 4.78 is 16.2. The van der Waals surface area contributed by atoms with Crippen LogP contribution in [0.2, 0.25) is 0 Å². The van der Waals surface area contributed by atoms with Crippen LogP contribution in [0.25, 0.3) is 0 Å². The summed E-state index contributed by atoms with van der Waals surface area (Å²) in [5, 5.41) is 0. The lowest BCUT2D eigenvalue weighted by Crippen LogP contribution is -2.39. The quantitative estimate of drug-likeness (QED) is 0.192. The van der Waals surface area contributed by atoms with Crippen molar-refractivity contribution < 1.29 is 28.6 Å². The second-order valence-electron chi connectivity index (χ2n) is 7.08. The number of carbonyl (C=O) groups excluding carboxylic acids is 3. The summed E-state index contributed by atoms with van der Waals surface area (Å²) in [5.74, 6) is -1.42. The monoisotopic (exact) mass is 476 g/mol. The number of esters is 3. The summed E-state index contributed by atoms with van der Waals surface area (Å²) in [4.78, 5) is 37.2. The predicted octanol–water partition coefficient (Wildman–Crippen LogP) is 5.10. The number of hydrogen-bond donors (Lipinski definition) is 0. The fourth-order valence-corrected chi connectivity index (χ4v) is 5.65. The van der Waals surface area contributed by atoms with E-state index in [0.717, 1.165) is 9.79 Å². The van der Waals surface area contributed by atoms with E-state index >= 15 is 0 Å². The van der Waals surface area contributed by atoms with Crippen LogP contribution in [0.1, 0.15) is 34.1 Å². The van der Waals surface area contributed by atoms with Gasteiger partial charge in [-0.1, -0.05) is 36.4 Å². The largest absolute Gasteiger partial charge is 0.460 e. The molecule has 0 spiro atoms. The molecule has 0 unspecified atom stereocenters. The molecule has 0 fully saturated rings. The van der Waals surface area contributed by atoms with Gasteiger partial charge in [-0.2, -0.15) is 0 Å². The maximum atomic E-state index is 12.0. The molecule has 0 N–H and O–H groups in total. The number of benzene rings is 2. The molecule has 0 saturated carbocycles. The molecule has 0 saturated heterocycles. The van der Waals surface area contributed by atoms with Gasteiger partial charge in [-0.05, 0) is 31.2 Å². The minimum atomic E-state index is -0.768. The highest BCUT2D eigenvalue weighted by Gasteiger charge is 2.34. The van der Waals surface area contributed by atoms with E-state index in [1.54, 1.807) is 30.4 Å². The number of rotatable bonds is 11. The third-order valence-corrected chi connectivity index (χ3v) is 7.01. The topological polar surface area (TPSA) is 78.9 Å². The number of hydrogen-bond acceptors (Lipinski definition) is 8. The molecule has 0 amide bonds. The Balaban J connectivity index is 2.34. The Morgan fingerprint density at radius 3 is 1.50 bits per heavy atom. The van der Waals surface area contributed by atoms with Crippen molar-refractivity contribution in [2.45, 2.75) is 66.8 Å². The second-order valence-corrected chi connectivity index (χ2v) is 9.80. The van der Waals surface area contributed by atoms with Crippen LogP contribution in [-0.4, -0.2) is 40.8 Å². The molecule has 6 nitrogen and oxygen atoms in total. The second kappa shape index (κ2) is 13.2. The van der Waals surface area contributed by atoms with E-state index in [1.165, 1.54) is 20.8 Å². The smallest absolute Gasteiger partial charge is 0.303 e. The molecule has 3 atom stereocenters. The average Bonchev–Trinajstić information content (AvgIpc) is 2.72. The van der Waals surface area contributed by atoms with Crippen LogP contribution in [0, 0.1) is 0 Å². The van der Waals surface area contributed by atoms with E-state index in [9.17, 15) is 14.4 Å². The summed E-state index contributed by atoms with van der Waals surface area (Å²) in [6.07, 6.45) is -1.90. The van der Waals surface area contributed by atoms with Crippen molar-refractivity contribution in [3.05, 3.63) is 60.7 Å². The minimum absolute atomic E-state index is 0.179. The van der Waals surface area contributed by atoms with Gasteiger partial charge >= 0.3 is 17.9 Å². The highest BCUT2D eigenvalue weighted by atomic mass is 32.2. The Hall–Kier alpha value is -2.45. The summed E-state index contributed by atoms with van der Waals surface area (Å²) in [6.45, 7) is 5.59. The first-order valence-corrected chi connectivity index (χ1v) is 12.0. The van der Waals surface area contributed by atoms with Crippen molar-refractivity contribution in [3.63, 3.8) is 0 Å². The summed E-state index contributed by atoms with van der Waals surface area (Å²) >= 11 is 3.12. The van der Waals surface area contributed by atoms with E-state index in [0.29, 0.717) is 0 Å². The molecular weight excluding hydrogens is 448 g/mol. The Kier molecular flexibility index (Phi) is 10.6. The average molecular weight is 477 g/mol. The molecule has 0 aliphatic rings. The molecular formula is C24H28O6S2. The van der Waals surface area contributed by atoms with Gasteiger partial charge in [0, 0.05) is 37.0 Å². The van der Waals surface area contributed by atoms with Gasteiger partial charge < -0.3 is 14.2 Å². The van der Waals surface area contributed by atoms with Crippen LogP contribution in [0.4, 0.5) is 0 Å². The molecule has 0 aromatic heterocycles. The normalized spacial score (nSPS) is 13.7. The van der Waals surface area contributed by atoms with Gasteiger partial charge in [0.25, 0.3) is 0 Å². The molecule has 32 heavy (non-hydrogen) atoms. The van der Waals surface area contributed by atoms with Gasteiger partial charge in [0.2, 0.25) is 0 Å². The van der Waals surface area contributed by atoms with Gasteiger partial charge in [-0.3, -0.25) is 14.4 Å². The van der Waals surface area contributed by atoms with E-state index in [4.69, 9.17) is 14.2 Å². The van der Waals surface area contributed by atoms with Crippen molar-refractivity contribution >= 4 is 41.4 Å². The number of thioether (sulfide) groups is 2. The summed E-state index contributed by atoms with van der Waals surface area (Å²) in [6, 6.07) is 19.6. The highest BCUT2D eigenvalue weighted by molar-refractivity contribution is 8.17. The van der Waals surface area contributed by atoms with Crippen molar-refractivity contribution in [1.29, 1.82) is 0 Å². The minimum Gasteiger partial charge on any atom is -0.460 e. The van der Waals surface area contributed by atoms with E-state index < -0.39 is 36.2 Å². The van der Waals surface area contributed by atoms with Gasteiger partial charge in [-0.15, -0.1) is 23.5 Å². The maximum absolute atomic E-state index is 12.0. The standard InChI is InChI=1S/C24H28O6S2/c1-16(28-17(2)25)22(29-18(3)26)15-23(30-19(4)27)24(31-20-11-7-5-8-12-20)32-21-13-9-6-10-14-21/h5-14,16,22-24H,15H2,1-4H3/t16-,22+,23-/m1/s1. The first-order valence-electron chi connectivity index (χ1n) is 10.2. The zero-order valence-electron chi connectivity index (χ0n) is 18.6. The molecule has 2 rings (SSSR count). The lowest BCUT2D eigenvalue weighted by molar-refractivity contribution is -0.168. The van der Waals surface area contributed by atoms with Crippen molar-refractivity contribution in [3.8, 4) is 0 Å². The van der Waals surface area contributed by atoms with E-state index in [2.05, 4.69) is 0 Å². The van der Waals surface area contributed by atoms with Crippen LogP contribution in [-0.2, 0) is 28.6 Å². The van der Waals surface area contributed by atoms with Gasteiger partial charge in [0.05, 0.1) is 4.58 Å². The fourth-order valence-electron chi connectivity index (χ4n) is 2.99. The third kappa shape index (κ3) is 9.36. The number of carbonyl (C=O) groups is 3. The van der Waals surface area contributed by atoms with Crippen molar-refractivity contribution in [2.24, 2.45) is 0 Å². The Morgan fingerprint density at radius 1 is 0.688 bits per heavy atom. The number of ether oxygens (including phenoxy) is 3. The molecule has 2 aromatic rings. The molecule has 172 valence electrons. The van der Waals surface area contributed by atoms with Gasteiger partial charge in [0.1, 0.15) is 18.3 Å². The Bertz CT molecular complexity index is 833. The van der Waals surface area contributed by atoms with Gasteiger partial charge in [-0.25, -0.2) is 0 Å². The zero-order chi connectivity index (χ0) is 23.5. The maximum Gasteiger partial charge on any atom is 0.303 e. The SMILES string of the molecule is CC(=O)O[C@@H](C[C@@H](OC(C)=O)C(Sc1ccccc1)Sc1ccccc1)[C@@H](C)OC(C)=O. The lowest BCUT2D eigenvalue weighted by atomic mass is 10.1. The van der Waals surface area contributed by atoms with E-state index in [-0.39, 0.29) is 11.0 Å². The molecule has 0 radical (unpaired) electrons. The molecule has 0 aliphatic carbocycles. The fraction of sp³-hybridized carbons (Fsp3) is 0.375. The van der Waals surface area contributed by atoms with E-state index in [1.807, 2.05) is 60.7 Å². The molecule has 0 heterocycles. The zero-order valence-corrected chi connectivity index (χ0v) is 20.2. The Morgan fingerprint density at radius 2 is 1.09 bits per heavy atom. The van der Waals surface area contributed by atoms with Crippen LogP contribution >= 0.6 is 23.5 Å². The first-order chi connectivity index (χ1) is 15.2. The molecule has 8 heteroatoms. The van der Waals surface area contributed by atoms with Crippen molar-refractivity contribution in [1.82, 2.24) is 0 Å². The summed E-state index contributed by atoms with van der Waals surface area (Å²) in [7, 11) is 0. The van der Waals surface area contributed by atoms with Crippen molar-refractivity contribution in [2.75, 3.05) is 0 Å². The van der Waals surface area contributed by atoms with Crippen LogP contribution in [0.5, 0.6) is 0 Å². The van der Waals surface area contributed by atoms with Crippen LogP contribution in [0.15, 0.2) is 70.5 Å². The first kappa shape index (κ1) is 25.8.